The molecule has 1 atom stereocenters. The molecule has 7 heteroatoms. The number of hydrogen-bond donors (Lipinski definition) is 1. The third-order valence-electron chi connectivity index (χ3n) is 4.48. The van der Waals surface area contributed by atoms with Gasteiger partial charge in [-0.15, -0.1) is 0 Å². The van der Waals surface area contributed by atoms with Crippen LogP contribution in [0.15, 0.2) is 0 Å². The molecule has 6 nitrogen and oxygen atoms in total. The molecule has 2 heterocycles. The number of piperazine rings is 1. The predicted molar refractivity (Wildman–Crippen MR) is 80.6 cm³/mol. The van der Waals surface area contributed by atoms with E-state index in [0.29, 0.717) is 38.8 Å². The lowest BCUT2D eigenvalue weighted by Crippen LogP contribution is -2.54. The molecule has 2 fully saturated rings. The zero-order valence-corrected chi connectivity index (χ0v) is 13.3. The predicted octanol–water partition coefficient (Wildman–Crippen LogP) is 0.0720. The van der Waals surface area contributed by atoms with Crippen molar-refractivity contribution in [3.05, 3.63) is 0 Å². The molecule has 20 heavy (non-hydrogen) atoms. The number of nitrogens with two attached hydrogens (primary N) is 1. The second-order valence-electron chi connectivity index (χ2n) is 5.69. The molecule has 118 valence electrons. The molecule has 1 unspecified atom stereocenters. The maximum Gasteiger partial charge on any atom is 0.282 e. The minimum Gasteiger partial charge on any atom is -0.330 e. The molecule has 2 aliphatic heterocycles. The first-order valence-electron chi connectivity index (χ1n) is 7.79. The zero-order chi connectivity index (χ0) is 14.6. The first-order chi connectivity index (χ1) is 9.59. The fraction of sp³-hybridized carbons (Fsp3) is 1.00. The Hall–Kier alpha value is -0.210. The summed E-state index contributed by atoms with van der Waals surface area (Å²) in [6.45, 7) is 7.12. The number of hydrogen-bond acceptors (Lipinski definition) is 4. The van der Waals surface area contributed by atoms with Crippen LogP contribution in [0.5, 0.6) is 0 Å². The van der Waals surface area contributed by atoms with E-state index in [-0.39, 0.29) is 0 Å². The van der Waals surface area contributed by atoms with Gasteiger partial charge in [0, 0.05) is 45.3 Å². The fourth-order valence-corrected chi connectivity index (χ4v) is 4.89. The first-order valence-corrected chi connectivity index (χ1v) is 9.18. The van der Waals surface area contributed by atoms with Crippen molar-refractivity contribution in [1.82, 2.24) is 13.5 Å². The summed E-state index contributed by atoms with van der Waals surface area (Å²) in [6, 6.07) is 0.497. The summed E-state index contributed by atoms with van der Waals surface area (Å²) in [5, 5.41) is 0. The summed E-state index contributed by atoms with van der Waals surface area (Å²) >= 11 is 0. The summed E-state index contributed by atoms with van der Waals surface area (Å²) in [6.07, 6.45) is 4.06. The van der Waals surface area contributed by atoms with Crippen LogP contribution in [0.2, 0.25) is 0 Å². The van der Waals surface area contributed by atoms with Gasteiger partial charge in [0.2, 0.25) is 0 Å². The lowest BCUT2D eigenvalue weighted by Gasteiger charge is -2.39. The third-order valence-corrected chi connectivity index (χ3v) is 6.51. The van der Waals surface area contributed by atoms with Crippen LogP contribution >= 0.6 is 0 Å². The minimum atomic E-state index is -3.21. The van der Waals surface area contributed by atoms with Crippen LogP contribution in [0.3, 0.4) is 0 Å². The number of nitrogens with zero attached hydrogens (tertiary/aromatic N) is 3. The average molecular weight is 304 g/mol. The van der Waals surface area contributed by atoms with Crippen LogP contribution in [-0.2, 0) is 10.2 Å². The molecule has 0 aromatic carbocycles. The Morgan fingerprint density at radius 1 is 1.00 bits per heavy atom. The van der Waals surface area contributed by atoms with Crippen LogP contribution in [0.1, 0.15) is 32.6 Å². The second kappa shape index (κ2) is 7.17. The molecular formula is C13H28N4O2S. The van der Waals surface area contributed by atoms with Crippen molar-refractivity contribution in [3.63, 3.8) is 0 Å². The van der Waals surface area contributed by atoms with Crippen molar-refractivity contribution in [2.75, 3.05) is 45.8 Å². The van der Waals surface area contributed by atoms with E-state index in [1.54, 1.807) is 8.61 Å². The van der Waals surface area contributed by atoms with E-state index in [0.717, 1.165) is 38.8 Å². The highest BCUT2D eigenvalue weighted by Gasteiger charge is 2.34. The Balaban J connectivity index is 1.90. The van der Waals surface area contributed by atoms with Crippen molar-refractivity contribution in [3.8, 4) is 0 Å². The van der Waals surface area contributed by atoms with Crippen LogP contribution in [0.25, 0.3) is 0 Å². The highest BCUT2D eigenvalue weighted by Crippen LogP contribution is 2.19. The summed E-state index contributed by atoms with van der Waals surface area (Å²) < 4.78 is 28.2. The van der Waals surface area contributed by atoms with Crippen LogP contribution in [0, 0.1) is 0 Å². The van der Waals surface area contributed by atoms with Gasteiger partial charge in [-0.1, -0.05) is 6.92 Å². The van der Waals surface area contributed by atoms with Gasteiger partial charge in [-0.3, -0.25) is 4.90 Å². The van der Waals surface area contributed by atoms with Gasteiger partial charge in [0.1, 0.15) is 0 Å². The molecule has 0 bridgehead atoms. The van der Waals surface area contributed by atoms with Gasteiger partial charge in [0.05, 0.1) is 0 Å². The lowest BCUT2D eigenvalue weighted by molar-refractivity contribution is 0.126. The van der Waals surface area contributed by atoms with E-state index in [9.17, 15) is 8.42 Å². The Morgan fingerprint density at radius 3 is 2.05 bits per heavy atom. The van der Waals surface area contributed by atoms with E-state index in [1.807, 2.05) is 0 Å². The standard InChI is InChI=1S/C13H28N4O2S/c1-2-13(5-6-14)15-9-11-17(12-10-15)20(18,19)16-7-3-4-8-16/h13H,2-12,14H2,1H3. The van der Waals surface area contributed by atoms with Crippen LogP contribution in [-0.4, -0.2) is 73.8 Å². The molecular weight excluding hydrogens is 276 g/mol. The third kappa shape index (κ3) is 3.51. The highest BCUT2D eigenvalue weighted by molar-refractivity contribution is 7.86. The molecule has 0 aromatic heterocycles. The minimum absolute atomic E-state index is 0.497. The molecule has 0 amide bonds. The molecule has 2 rings (SSSR count). The molecule has 2 aliphatic rings. The van der Waals surface area contributed by atoms with Gasteiger partial charge in [0.25, 0.3) is 10.2 Å². The molecule has 2 N–H and O–H groups in total. The Bertz CT molecular complexity index is 387. The maximum absolute atomic E-state index is 12.5. The topological polar surface area (TPSA) is 69.9 Å². The Kier molecular flexibility index (Phi) is 5.80. The molecule has 0 radical (unpaired) electrons. The zero-order valence-electron chi connectivity index (χ0n) is 12.5. The van der Waals surface area contributed by atoms with Crippen molar-refractivity contribution in [2.45, 2.75) is 38.6 Å². The SMILES string of the molecule is CCC(CCN)N1CCN(S(=O)(=O)N2CCCC2)CC1. The summed E-state index contributed by atoms with van der Waals surface area (Å²) in [4.78, 5) is 2.39. The normalized spacial score (nSPS) is 25.1. The quantitative estimate of drug-likeness (QED) is 0.754. The van der Waals surface area contributed by atoms with E-state index in [1.165, 1.54) is 0 Å². The van der Waals surface area contributed by atoms with Gasteiger partial charge in [-0.2, -0.15) is 17.0 Å². The van der Waals surface area contributed by atoms with Crippen LogP contribution < -0.4 is 5.73 Å². The summed E-state index contributed by atoms with van der Waals surface area (Å²) in [7, 11) is -3.21. The average Bonchev–Trinajstić information content (AvgIpc) is 3.00. The van der Waals surface area contributed by atoms with Gasteiger partial charge >= 0.3 is 0 Å². The Labute approximate surface area is 123 Å². The van der Waals surface area contributed by atoms with Gasteiger partial charge in [-0.05, 0) is 32.2 Å². The smallest absolute Gasteiger partial charge is 0.282 e. The molecule has 2 saturated heterocycles. The maximum atomic E-state index is 12.5. The van der Waals surface area contributed by atoms with E-state index in [4.69, 9.17) is 5.73 Å². The highest BCUT2D eigenvalue weighted by atomic mass is 32.2. The van der Waals surface area contributed by atoms with Crippen molar-refractivity contribution >= 4 is 10.2 Å². The first kappa shape index (κ1) is 16.2. The molecule has 0 saturated carbocycles. The van der Waals surface area contributed by atoms with Gasteiger partial charge < -0.3 is 5.73 Å². The number of rotatable bonds is 6. The molecule has 0 aliphatic carbocycles. The van der Waals surface area contributed by atoms with E-state index < -0.39 is 10.2 Å². The monoisotopic (exact) mass is 304 g/mol. The van der Waals surface area contributed by atoms with E-state index in [2.05, 4.69) is 11.8 Å². The Morgan fingerprint density at radius 2 is 1.55 bits per heavy atom. The molecule has 0 aromatic rings. The van der Waals surface area contributed by atoms with Gasteiger partial charge in [0.15, 0.2) is 0 Å². The summed E-state index contributed by atoms with van der Waals surface area (Å²) in [5.74, 6) is 0. The van der Waals surface area contributed by atoms with Crippen molar-refractivity contribution in [1.29, 1.82) is 0 Å². The fourth-order valence-electron chi connectivity index (χ4n) is 3.22. The van der Waals surface area contributed by atoms with E-state index >= 15 is 0 Å². The van der Waals surface area contributed by atoms with Gasteiger partial charge in [-0.25, -0.2) is 0 Å². The summed E-state index contributed by atoms with van der Waals surface area (Å²) in [5.41, 5.74) is 5.65. The van der Waals surface area contributed by atoms with Crippen LogP contribution in [0.4, 0.5) is 0 Å². The van der Waals surface area contributed by atoms with Crippen molar-refractivity contribution < 1.29 is 8.42 Å². The second-order valence-corrected chi connectivity index (χ2v) is 7.62. The molecule has 0 spiro atoms. The van der Waals surface area contributed by atoms with Crippen molar-refractivity contribution in [2.24, 2.45) is 5.73 Å². The lowest BCUT2D eigenvalue weighted by atomic mass is 10.1. The largest absolute Gasteiger partial charge is 0.330 e.